The van der Waals surface area contributed by atoms with Crippen molar-refractivity contribution in [2.75, 3.05) is 33.4 Å². The molecule has 0 saturated carbocycles. The van der Waals surface area contributed by atoms with Crippen molar-refractivity contribution in [1.29, 1.82) is 0 Å². The summed E-state index contributed by atoms with van der Waals surface area (Å²) in [5.74, 6) is 1.73. The molecule has 0 spiro atoms. The van der Waals surface area contributed by atoms with E-state index in [-0.39, 0.29) is 24.0 Å². The lowest BCUT2D eigenvalue weighted by Crippen LogP contribution is -2.37. The summed E-state index contributed by atoms with van der Waals surface area (Å²) in [7, 11) is 1.78. The van der Waals surface area contributed by atoms with Gasteiger partial charge in [-0.25, -0.2) is 0 Å². The highest BCUT2D eigenvalue weighted by molar-refractivity contribution is 14.0. The number of halogens is 1. The summed E-state index contributed by atoms with van der Waals surface area (Å²) >= 11 is 0. The molecule has 0 unspecified atom stereocenters. The van der Waals surface area contributed by atoms with Crippen LogP contribution in [0.15, 0.2) is 29.3 Å². The largest absolute Gasteiger partial charge is 0.494 e. The van der Waals surface area contributed by atoms with E-state index in [1.807, 2.05) is 19.1 Å². The van der Waals surface area contributed by atoms with Crippen LogP contribution in [0, 0.1) is 0 Å². The van der Waals surface area contributed by atoms with Crippen molar-refractivity contribution >= 4 is 29.9 Å². The lowest BCUT2D eigenvalue weighted by Gasteiger charge is -2.13. The molecule has 0 aliphatic heterocycles. The average Bonchev–Trinajstić information content (AvgIpc) is 2.58. The van der Waals surface area contributed by atoms with Crippen LogP contribution in [0.3, 0.4) is 0 Å². The predicted molar refractivity (Wildman–Crippen MR) is 112 cm³/mol. The lowest BCUT2D eigenvalue weighted by atomic mass is 10.2. The Morgan fingerprint density at radius 3 is 2.67 bits per heavy atom. The number of nitrogens with zero attached hydrogens (tertiary/aromatic N) is 1. The summed E-state index contributed by atoms with van der Waals surface area (Å²) in [4.78, 5) is 4.23. The Kier molecular flexibility index (Phi) is 14.8. The number of ether oxygens (including phenoxy) is 2. The monoisotopic (exact) mass is 449 g/mol. The minimum absolute atomic E-state index is 0. The predicted octanol–water partition coefficient (Wildman–Crippen LogP) is 3.58. The van der Waals surface area contributed by atoms with Gasteiger partial charge in [-0.2, -0.15) is 0 Å². The lowest BCUT2D eigenvalue weighted by molar-refractivity contribution is 0.145. The van der Waals surface area contributed by atoms with E-state index in [4.69, 9.17) is 9.47 Å². The molecule has 0 heterocycles. The van der Waals surface area contributed by atoms with Crippen molar-refractivity contribution < 1.29 is 9.47 Å². The quantitative estimate of drug-likeness (QED) is 0.235. The molecule has 0 aliphatic rings. The van der Waals surface area contributed by atoms with Gasteiger partial charge in [-0.1, -0.05) is 25.5 Å². The molecule has 0 radical (unpaired) electrons. The fourth-order valence-electron chi connectivity index (χ4n) is 2.01. The molecule has 0 bridgehead atoms. The van der Waals surface area contributed by atoms with Gasteiger partial charge in [0.05, 0.1) is 6.61 Å². The molecule has 0 aromatic heterocycles. The van der Waals surface area contributed by atoms with Gasteiger partial charge in [-0.15, -0.1) is 24.0 Å². The first kappa shape index (κ1) is 23.0. The minimum atomic E-state index is 0. The second-order valence-electron chi connectivity index (χ2n) is 5.25. The summed E-state index contributed by atoms with van der Waals surface area (Å²) in [6.45, 7) is 8.05. The number of guanidine groups is 1. The van der Waals surface area contributed by atoms with Crippen molar-refractivity contribution in [1.82, 2.24) is 10.6 Å². The number of benzene rings is 1. The number of hydrogen-bond acceptors (Lipinski definition) is 3. The van der Waals surface area contributed by atoms with Crippen molar-refractivity contribution in [3.63, 3.8) is 0 Å². The maximum Gasteiger partial charge on any atom is 0.191 e. The second-order valence-corrected chi connectivity index (χ2v) is 5.25. The molecular formula is C18H32IN3O2. The van der Waals surface area contributed by atoms with Gasteiger partial charge in [-0.3, -0.25) is 4.99 Å². The molecule has 0 saturated heterocycles. The molecule has 2 N–H and O–H groups in total. The zero-order chi connectivity index (χ0) is 16.8. The zero-order valence-electron chi connectivity index (χ0n) is 15.1. The number of rotatable bonds is 11. The Bertz CT molecular complexity index is 456. The van der Waals surface area contributed by atoms with E-state index in [1.165, 1.54) is 5.56 Å². The van der Waals surface area contributed by atoms with Crippen LogP contribution < -0.4 is 15.4 Å². The van der Waals surface area contributed by atoms with Gasteiger partial charge in [-0.05, 0) is 37.5 Å². The Hall–Kier alpha value is -1.02. The third kappa shape index (κ3) is 10.7. The van der Waals surface area contributed by atoms with Crippen LogP contribution in [-0.2, 0) is 11.3 Å². The molecular weight excluding hydrogens is 417 g/mol. The molecule has 0 fully saturated rings. The van der Waals surface area contributed by atoms with E-state index < -0.39 is 0 Å². The number of aliphatic imine (C=N–C) groups is 1. The van der Waals surface area contributed by atoms with Gasteiger partial charge < -0.3 is 20.1 Å². The van der Waals surface area contributed by atoms with Gasteiger partial charge in [0.15, 0.2) is 5.96 Å². The molecule has 1 aromatic carbocycles. The van der Waals surface area contributed by atoms with E-state index >= 15 is 0 Å². The van der Waals surface area contributed by atoms with Crippen LogP contribution in [0.4, 0.5) is 0 Å². The summed E-state index contributed by atoms with van der Waals surface area (Å²) in [6, 6.07) is 8.18. The van der Waals surface area contributed by atoms with E-state index in [0.29, 0.717) is 0 Å². The first-order valence-corrected chi connectivity index (χ1v) is 8.54. The van der Waals surface area contributed by atoms with Crippen LogP contribution in [-0.4, -0.2) is 39.4 Å². The Labute approximate surface area is 163 Å². The minimum Gasteiger partial charge on any atom is -0.494 e. The summed E-state index contributed by atoms with van der Waals surface area (Å²) in [5, 5.41) is 6.60. The topological polar surface area (TPSA) is 54.9 Å². The Morgan fingerprint density at radius 2 is 1.96 bits per heavy atom. The smallest absolute Gasteiger partial charge is 0.191 e. The van der Waals surface area contributed by atoms with Gasteiger partial charge in [0.25, 0.3) is 0 Å². The molecule has 24 heavy (non-hydrogen) atoms. The molecule has 138 valence electrons. The molecule has 1 aromatic rings. The molecule has 0 aliphatic carbocycles. The van der Waals surface area contributed by atoms with Crippen molar-refractivity contribution in [3.8, 4) is 5.75 Å². The second kappa shape index (κ2) is 15.5. The summed E-state index contributed by atoms with van der Waals surface area (Å²) in [6.07, 6.45) is 3.20. The van der Waals surface area contributed by atoms with Crippen LogP contribution in [0.1, 0.15) is 38.7 Å². The average molecular weight is 449 g/mol. The van der Waals surface area contributed by atoms with Crippen molar-refractivity contribution in [2.24, 2.45) is 4.99 Å². The maximum atomic E-state index is 5.74. The van der Waals surface area contributed by atoms with E-state index in [1.54, 1.807) is 7.05 Å². The highest BCUT2D eigenvalue weighted by atomic mass is 127. The van der Waals surface area contributed by atoms with E-state index in [2.05, 4.69) is 34.7 Å². The van der Waals surface area contributed by atoms with Gasteiger partial charge in [0.1, 0.15) is 5.75 Å². The highest BCUT2D eigenvalue weighted by Crippen LogP contribution is 2.13. The van der Waals surface area contributed by atoms with E-state index in [9.17, 15) is 0 Å². The van der Waals surface area contributed by atoms with Crippen LogP contribution in [0.25, 0.3) is 0 Å². The summed E-state index contributed by atoms with van der Waals surface area (Å²) in [5.41, 5.74) is 1.18. The van der Waals surface area contributed by atoms with Gasteiger partial charge in [0, 0.05) is 33.4 Å². The number of unbranched alkanes of at least 4 members (excludes halogenated alkanes) is 1. The normalized spacial score (nSPS) is 10.9. The Balaban J connectivity index is 0.00000529. The summed E-state index contributed by atoms with van der Waals surface area (Å²) < 4.78 is 11.1. The Morgan fingerprint density at radius 1 is 1.12 bits per heavy atom. The van der Waals surface area contributed by atoms with Crippen LogP contribution in [0.2, 0.25) is 0 Å². The first-order chi connectivity index (χ1) is 11.3. The number of hydrogen-bond donors (Lipinski definition) is 2. The third-order valence-electron chi connectivity index (χ3n) is 3.31. The maximum absolute atomic E-state index is 5.74. The van der Waals surface area contributed by atoms with Crippen LogP contribution in [0.5, 0.6) is 5.75 Å². The van der Waals surface area contributed by atoms with Crippen molar-refractivity contribution in [2.45, 2.75) is 39.7 Å². The van der Waals surface area contributed by atoms with Gasteiger partial charge in [0.2, 0.25) is 0 Å². The van der Waals surface area contributed by atoms with Crippen LogP contribution >= 0.6 is 24.0 Å². The highest BCUT2D eigenvalue weighted by Gasteiger charge is 2.00. The standard InChI is InChI=1S/C18H31N3O2.HI/c1-4-6-13-23-17-10-7-9-16(14-17)15-21-18(19-3)20-11-8-12-22-5-2;/h7,9-10,14H,4-6,8,11-13,15H2,1-3H3,(H2,19,20,21);1H. The third-order valence-corrected chi connectivity index (χ3v) is 3.31. The van der Waals surface area contributed by atoms with Gasteiger partial charge >= 0.3 is 0 Å². The molecule has 0 atom stereocenters. The molecule has 6 heteroatoms. The fraction of sp³-hybridized carbons (Fsp3) is 0.611. The van der Waals surface area contributed by atoms with Crippen molar-refractivity contribution in [3.05, 3.63) is 29.8 Å². The SMILES string of the molecule is CCCCOc1cccc(CNC(=NC)NCCCOCC)c1.I. The fourth-order valence-corrected chi connectivity index (χ4v) is 2.01. The first-order valence-electron chi connectivity index (χ1n) is 8.54. The molecule has 0 amide bonds. The molecule has 5 nitrogen and oxygen atoms in total. The number of nitrogens with one attached hydrogen (secondary N) is 2. The zero-order valence-corrected chi connectivity index (χ0v) is 17.5. The van der Waals surface area contributed by atoms with E-state index in [0.717, 1.165) is 63.9 Å². The molecule has 1 rings (SSSR count).